The molecule has 0 saturated carbocycles. The highest BCUT2D eigenvalue weighted by molar-refractivity contribution is 6.31. The Labute approximate surface area is 163 Å². The summed E-state index contributed by atoms with van der Waals surface area (Å²) in [5.74, 6) is 1.69. The van der Waals surface area contributed by atoms with E-state index in [9.17, 15) is 0 Å². The summed E-state index contributed by atoms with van der Waals surface area (Å²) in [6.07, 6.45) is 1.67. The van der Waals surface area contributed by atoms with Crippen LogP contribution in [0.2, 0.25) is 5.15 Å². The molecule has 1 fully saturated rings. The number of ether oxygens (including phenoxy) is 2. The van der Waals surface area contributed by atoms with Crippen LogP contribution in [0.3, 0.4) is 0 Å². The highest BCUT2D eigenvalue weighted by Gasteiger charge is 2.21. The molecule has 3 aromatic rings. The zero-order chi connectivity index (χ0) is 18.6. The van der Waals surface area contributed by atoms with Gasteiger partial charge in [-0.25, -0.2) is 4.98 Å². The molecule has 0 atom stereocenters. The molecule has 1 aromatic carbocycles. The molecular weight excluding hydrogens is 366 g/mol. The monoisotopic (exact) mass is 387 g/mol. The van der Waals surface area contributed by atoms with Crippen LogP contribution >= 0.6 is 11.6 Å². The van der Waals surface area contributed by atoms with E-state index in [-0.39, 0.29) is 0 Å². The fraction of sp³-hybridized carbons (Fsp3) is 0.350. The largest absolute Gasteiger partial charge is 0.497 e. The van der Waals surface area contributed by atoms with Crippen LogP contribution in [0.5, 0.6) is 5.75 Å². The van der Waals surface area contributed by atoms with Crippen LogP contribution in [0.15, 0.2) is 41.0 Å². The number of benzene rings is 1. The van der Waals surface area contributed by atoms with Gasteiger partial charge in [0, 0.05) is 30.6 Å². The van der Waals surface area contributed by atoms with E-state index >= 15 is 0 Å². The zero-order valence-electron chi connectivity index (χ0n) is 15.2. The lowest BCUT2D eigenvalue weighted by atomic mass is 10.1. The number of morpholine rings is 1. The third kappa shape index (κ3) is 3.88. The third-order valence-electron chi connectivity index (χ3n) is 4.72. The molecular formula is C20H22ClN3O3. The summed E-state index contributed by atoms with van der Waals surface area (Å²) >= 11 is 6.60. The van der Waals surface area contributed by atoms with Gasteiger partial charge in [0.25, 0.3) is 0 Å². The predicted octanol–water partition coefficient (Wildman–Crippen LogP) is 3.62. The van der Waals surface area contributed by atoms with Crippen molar-refractivity contribution in [3.63, 3.8) is 0 Å². The van der Waals surface area contributed by atoms with Crippen molar-refractivity contribution in [1.82, 2.24) is 10.3 Å². The minimum Gasteiger partial charge on any atom is -0.497 e. The fourth-order valence-electron chi connectivity index (χ4n) is 3.39. The van der Waals surface area contributed by atoms with Crippen LogP contribution < -0.4 is 15.0 Å². The van der Waals surface area contributed by atoms with Crippen molar-refractivity contribution in [3.8, 4) is 5.75 Å². The molecule has 142 valence electrons. The summed E-state index contributed by atoms with van der Waals surface area (Å²) in [4.78, 5) is 6.93. The Balaban J connectivity index is 1.73. The van der Waals surface area contributed by atoms with Crippen molar-refractivity contribution in [2.75, 3.05) is 38.3 Å². The quantitative estimate of drug-likeness (QED) is 0.652. The second-order valence-corrected chi connectivity index (χ2v) is 6.75. The minimum absolute atomic E-state index is 0.515. The number of fused-ring (bicyclic) bond motifs is 1. The molecule has 1 N–H and O–H groups in total. The van der Waals surface area contributed by atoms with E-state index in [1.165, 1.54) is 0 Å². The molecule has 2 aromatic heterocycles. The number of halogens is 1. The Morgan fingerprint density at radius 3 is 2.81 bits per heavy atom. The lowest BCUT2D eigenvalue weighted by molar-refractivity contribution is 0.122. The van der Waals surface area contributed by atoms with Gasteiger partial charge in [0.15, 0.2) is 0 Å². The Kier molecular flexibility index (Phi) is 5.48. The Bertz CT molecular complexity index is 908. The molecule has 0 aliphatic carbocycles. The van der Waals surface area contributed by atoms with Crippen molar-refractivity contribution in [1.29, 1.82) is 0 Å². The number of nitrogens with one attached hydrogen (secondary N) is 1. The maximum atomic E-state index is 6.60. The minimum atomic E-state index is 0.515. The number of aromatic nitrogens is 1. The highest BCUT2D eigenvalue weighted by atomic mass is 35.5. The molecule has 0 amide bonds. The van der Waals surface area contributed by atoms with Gasteiger partial charge >= 0.3 is 0 Å². The van der Waals surface area contributed by atoms with Crippen LogP contribution in [0, 0.1) is 0 Å². The molecule has 0 radical (unpaired) electrons. The summed E-state index contributed by atoms with van der Waals surface area (Å²) < 4.78 is 16.4. The van der Waals surface area contributed by atoms with Gasteiger partial charge in [-0.2, -0.15) is 0 Å². The van der Waals surface area contributed by atoms with Crippen molar-refractivity contribution in [3.05, 3.63) is 53.1 Å². The van der Waals surface area contributed by atoms with Gasteiger partial charge in [-0.05, 0) is 30.3 Å². The van der Waals surface area contributed by atoms with Crippen LogP contribution in [0.25, 0.3) is 10.9 Å². The summed E-state index contributed by atoms with van der Waals surface area (Å²) in [5, 5.41) is 4.96. The second-order valence-electron chi connectivity index (χ2n) is 6.40. The van der Waals surface area contributed by atoms with E-state index in [0.29, 0.717) is 31.5 Å². The lowest BCUT2D eigenvalue weighted by Crippen LogP contribution is -2.37. The van der Waals surface area contributed by atoms with Crippen LogP contribution in [0.1, 0.15) is 11.3 Å². The first-order chi connectivity index (χ1) is 13.3. The number of hydrogen-bond acceptors (Lipinski definition) is 6. The molecule has 6 nitrogen and oxygen atoms in total. The first-order valence-electron chi connectivity index (χ1n) is 8.98. The van der Waals surface area contributed by atoms with E-state index in [2.05, 4.69) is 15.2 Å². The normalized spacial score (nSPS) is 14.7. The lowest BCUT2D eigenvalue weighted by Gasteiger charge is -2.32. The van der Waals surface area contributed by atoms with Crippen molar-refractivity contribution in [2.24, 2.45) is 0 Å². The number of methoxy groups -OCH3 is 1. The summed E-state index contributed by atoms with van der Waals surface area (Å²) in [5.41, 5.74) is 2.93. The summed E-state index contributed by atoms with van der Waals surface area (Å²) in [7, 11) is 1.67. The second kappa shape index (κ2) is 8.17. The van der Waals surface area contributed by atoms with E-state index in [1.54, 1.807) is 13.4 Å². The number of furan rings is 1. The van der Waals surface area contributed by atoms with E-state index in [0.717, 1.165) is 46.8 Å². The van der Waals surface area contributed by atoms with E-state index in [4.69, 9.17) is 25.5 Å². The SMILES string of the molecule is COc1ccc2nc(Cl)c(CNCc3ccco3)c(N3CCOCC3)c2c1. The molecule has 0 unspecified atom stereocenters. The molecule has 1 saturated heterocycles. The smallest absolute Gasteiger partial charge is 0.136 e. The van der Waals surface area contributed by atoms with Gasteiger partial charge in [0.05, 0.1) is 44.3 Å². The molecule has 3 heterocycles. The molecule has 0 spiro atoms. The molecule has 4 rings (SSSR count). The van der Waals surface area contributed by atoms with Crippen molar-refractivity contribution >= 4 is 28.2 Å². The number of pyridine rings is 1. The molecule has 0 bridgehead atoms. The number of hydrogen-bond donors (Lipinski definition) is 1. The zero-order valence-corrected chi connectivity index (χ0v) is 16.0. The first kappa shape index (κ1) is 18.1. The van der Waals surface area contributed by atoms with Crippen molar-refractivity contribution in [2.45, 2.75) is 13.1 Å². The number of anilines is 1. The molecule has 27 heavy (non-hydrogen) atoms. The van der Waals surface area contributed by atoms with Crippen LogP contribution in [0.4, 0.5) is 5.69 Å². The van der Waals surface area contributed by atoms with Gasteiger partial charge in [0.1, 0.15) is 16.7 Å². The van der Waals surface area contributed by atoms with Gasteiger partial charge in [-0.3, -0.25) is 0 Å². The van der Waals surface area contributed by atoms with E-state index in [1.807, 2.05) is 30.3 Å². The maximum absolute atomic E-state index is 6.60. The highest BCUT2D eigenvalue weighted by Crippen LogP contribution is 2.36. The van der Waals surface area contributed by atoms with Crippen LogP contribution in [-0.4, -0.2) is 38.4 Å². The summed E-state index contributed by atoms with van der Waals surface area (Å²) in [6.45, 7) is 4.25. The van der Waals surface area contributed by atoms with Crippen molar-refractivity contribution < 1.29 is 13.9 Å². The standard InChI is InChI=1S/C20H22ClN3O3/c1-25-14-4-5-18-16(11-14)19(24-6-9-26-10-7-24)17(20(21)23-18)13-22-12-15-3-2-8-27-15/h2-5,8,11,22H,6-7,9-10,12-13H2,1H3. The number of nitrogens with zero attached hydrogens (tertiary/aromatic N) is 2. The summed E-state index contributed by atoms with van der Waals surface area (Å²) in [6, 6.07) is 9.71. The van der Waals surface area contributed by atoms with Gasteiger partial charge in [-0.15, -0.1) is 0 Å². The topological polar surface area (TPSA) is 59.8 Å². The van der Waals surface area contributed by atoms with Gasteiger partial charge in [-0.1, -0.05) is 11.6 Å². The predicted molar refractivity (Wildman–Crippen MR) is 106 cm³/mol. The first-order valence-corrected chi connectivity index (χ1v) is 9.36. The third-order valence-corrected chi connectivity index (χ3v) is 5.03. The molecule has 1 aliphatic rings. The van der Waals surface area contributed by atoms with E-state index < -0.39 is 0 Å². The average Bonchev–Trinajstić information content (AvgIpc) is 3.22. The van der Waals surface area contributed by atoms with Gasteiger partial charge < -0.3 is 24.1 Å². The molecule has 7 heteroatoms. The number of rotatable bonds is 6. The van der Waals surface area contributed by atoms with Crippen LogP contribution in [-0.2, 0) is 17.8 Å². The molecule has 1 aliphatic heterocycles. The maximum Gasteiger partial charge on any atom is 0.136 e. The van der Waals surface area contributed by atoms with Gasteiger partial charge in [0.2, 0.25) is 0 Å². The Morgan fingerprint density at radius 2 is 2.07 bits per heavy atom. The Morgan fingerprint density at radius 1 is 1.22 bits per heavy atom. The average molecular weight is 388 g/mol. The fourth-order valence-corrected chi connectivity index (χ4v) is 3.64. The Hall–Kier alpha value is -2.28.